The number of aromatic nitrogens is 1. The van der Waals surface area contributed by atoms with E-state index in [1.54, 1.807) is 0 Å². The summed E-state index contributed by atoms with van der Waals surface area (Å²) in [5.41, 5.74) is -2.61. The lowest BCUT2D eigenvalue weighted by Crippen LogP contribution is -2.07. The largest absolute Gasteiger partial charge is 0.316 e. The molecule has 0 aromatic carbocycles. The van der Waals surface area contributed by atoms with Crippen LogP contribution in [0.5, 0.6) is 0 Å². The Morgan fingerprint density at radius 1 is 1.53 bits per heavy atom. The van der Waals surface area contributed by atoms with Gasteiger partial charge >= 0.3 is 5.69 Å². The maximum absolute atomic E-state index is 12.5. The molecule has 0 saturated carbocycles. The first-order valence-corrected chi connectivity index (χ1v) is 6.34. The highest BCUT2D eigenvalue weighted by atomic mass is 35.7. The van der Waals surface area contributed by atoms with Crippen LogP contribution in [0.1, 0.15) is 17.8 Å². The second kappa shape index (κ2) is 4.49. The van der Waals surface area contributed by atoms with Crippen molar-refractivity contribution >= 4 is 25.4 Å². The second-order valence-corrected chi connectivity index (χ2v) is 5.53. The minimum Gasteiger partial charge on any atom is -0.258 e. The van der Waals surface area contributed by atoms with E-state index in [4.69, 9.17) is 10.7 Å². The minimum absolute atomic E-state index is 0.106. The van der Waals surface area contributed by atoms with Gasteiger partial charge in [0.05, 0.1) is 4.92 Å². The molecule has 0 amide bonds. The smallest absolute Gasteiger partial charge is 0.258 e. The fraction of sp³-hybridized carbons (Fsp3) is 0.286. The van der Waals surface area contributed by atoms with E-state index in [0.29, 0.717) is 0 Å². The minimum atomic E-state index is -4.50. The van der Waals surface area contributed by atoms with Gasteiger partial charge in [0.1, 0.15) is 0 Å². The number of halogens is 3. The average Bonchev–Trinajstić information content (AvgIpc) is 2.14. The number of nitro groups is 1. The molecule has 10 heteroatoms. The predicted octanol–water partition coefficient (Wildman–Crippen LogP) is 2.16. The molecule has 0 atom stereocenters. The molecule has 0 unspecified atom stereocenters. The van der Waals surface area contributed by atoms with Crippen LogP contribution < -0.4 is 0 Å². The predicted molar refractivity (Wildman–Crippen MR) is 53.6 cm³/mol. The monoisotopic (exact) mass is 286 g/mol. The first-order valence-electron chi connectivity index (χ1n) is 4.03. The number of pyridine rings is 1. The molecule has 0 aliphatic rings. The maximum Gasteiger partial charge on any atom is 0.316 e. The first kappa shape index (κ1) is 13.7. The van der Waals surface area contributed by atoms with Crippen LogP contribution in [-0.4, -0.2) is 18.3 Å². The molecule has 94 valence electrons. The summed E-state index contributed by atoms with van der Waals surface area (Å²) in [6, 6.07) is 0.770. The van der Waals surface area contributed by atoms with Crippen LogP contribution in [0.3, 0.4) is 0 Å². The third-order valence-electron chi connectivity index (χ3n) is 1.76. The number of rotatable bonds is 3. The molecule has 0 aliphatic carbocycles. The molecule has 1 aromatic heterocycles. The zero-order valence-corrected chi connectivity index (χ0v) is 9.80. The van der Waals surface area contributed by atoms with Crippen molar-refractivity contribution in [2.45, 2.75) is 18.2 Å². The molecular formula is C7H5ClF2N2O4S. The molecule has 1 aromatic rings. The Labute approximate surface area is 98.8 Å². The summed E-state index contributed by atoms with van der Waals surface area (Å²) in [7, 11) is 0.452. The van der Waals surface area contributed by atoms with Crippen LogP contribution in [0.2, 0.25) is 0 Å². The standard InChI is InChI=1S/C7H5ClF2N2O4S/c1-3-2-4(17(8,15)16)6(12(13)14)5(11-3)7(9)10/h2,7H,1H3. The first-order chi connectivity index (χ1) is 7.64. The van der Waals surface area contributed by atoms with Crippen molar-refractivity contribution in [1.29, 1.82) is 0 Å². The molecule has 0 fully saturated rings. The summed E-state index contributed by atoms with van der Waals surface area (Å²) >= 11 is 0. The van der Waals surface area contributed by atoms with Crippen LogP contribution in [0.25, 0.3) is 0 Å². The van der Waals surface area contributed by atoms with E-state index in [0.717, 1.165) is 6.07 Å². The van der Waals surface area contributed by atoms with E-state index in [-0.39, 0.29) is 5.69 Å². The fourth-order valence-electron chi connectivity index (χ4n) is 1.18. The Balaban J connectivity index is 3.77. The lowest BCUT2D eigenvalue weighted by Gasteiger charge is -2.05. The van der Waals surface area contributed by atoms with E-state index in [1.165, 1.54) is 6.92 Å². The van der Waals surface area contributed by atoms with Crippen LogP contribution in [0.15, 0.2) is 11.0 Å². The number of alkyl halides is 2. The Bertz CT molecular complexity index is 575. The highest BCUT2D eigenvalue weighted by molar-refractivity contribution is 8.13. The van der Waals surface area contributed by atoms with Crippen molar-refractivity contribution in [1.82, 2.24) is 4.98 Å². The SMILES string of the molecule is Cc1cc(S(=O)(=O)Cl)c([N+](=O)[O-])c(C(F)F)n1. The average molecular weight is 287 g/mol. The third kappa shape index (κ3) is 2.86. The molecule has 6 nitrogen and oxygen atoms in total. The quantitative estimate of drug-likeness (QED) is 0.482. The van der Waals surface area contributed by atoms with Crippen LogP contribution in [0, 0.1) is 17.0 Å². The number of aryl methyl sites for hydroxylation is 1. The van der Waals surface area contributed by atoms with Crippen molar-refractivity contribution in [3.05, 3.63) is 27.6 Å². The van der Waals surface area contributed by atoms with Gasteiger partial charge in [-0.15, -0.1) is 0 Å². The summed E-state index contributed by atoms with van der Waals surface area (Å²) in [6.45, 7) is 1.22. The van der Waals surface area contributed by atoms with Gasteiger partial charge in [0.2, 0.25) is 0 Å². The molecule has 17 heavy (non-hydrogen) atoms. The summed E-state index contributed by atoms with van der Waals surface area (Å²) in [5, 5.41) is 10.6. The van der Waals surface area contributed by atoms with E-state index in [9.17, 15) is 27.3 Å². The second-order valence-electron chi connectivity index (χ2n) is 2.99. The summed E-state index contributed by atoms with van der Waals surface area (Å²) in [4.78, 5) is 11.6. The maximum atomic E-state index is 12.5. The van der Waals surface area contributed by atoms with Crippen molar-refractivity contribution in [3.63, 3.8) is 0 Å². The molecule has 0 N–H and O–H groups in total. The van der Waals surface area contributed by atoms with E-state index in [1.807, 2.05) is 0 Å². The van der Waals surface area contributed by atoms with Gasteiger partial charge in [0.15, 0.2) is 10.6 Å². The fourth-order valence-corrected chi connectivity index (χ4v) is 2.26. The van der Waals surface area contributed by atoms with Crippen LogP contribution in [-0.2, 0) is 9.05 Å². The lowest BCUT2D eigenvalue weighted by molar-refractivity contribution is -0.389. The topological polar surface area (TPSA) is 90.2 Å². The zero-order chi connectivity index (χ0) is 13.4. The van der Waals surface area contributed by atoms with Gasteiger partial charge in [0, 0.05) is 16.4 Å². The van der Waals surface area contributed by atoms with Gasteiger partial charge in [-0.25, -0.2) is 22.2 Å². The number of hydrogen-bond donors (Lipinski definition) is 0. The van der Waals surface area contributed by atoms with Gasteiger partial charge in [-0.05, 0) is 13.0 Å². The molecule has 0 radical (unpaired) electrons. The Kier molecular flexibility index (Phi) is 3.62. The molecule has 0 aliphatic heterocycles. The lowest BCUT2D eigenvalue weighted by atomic mass is 10.2. The summed E-state index contributed by atoms with van der Waals surface area (Å²) in [5.74, 6) is 0. The molecule has 0 bridgehead atoms. The van der Waals surface area contributed by atoms with Gasteiger partial charge < -0.3 is 0 Å². The summed E-state index contributed by atoms with van der Waals surface area (Å²) < 4.78 is 47.2. The van der Waals surface area contributed by atoms with Gasteiger partial charge in [-0.1, -0.05) is 0 Å². The molecular weight excluding hydrogens is 282 g/mol. The molecule has 1 heterocycles. The van der Waals surface area contributed by atoms with Crippen molar-refractivity contribution < 1.29 is 22.1 Å². The highest BCUT2D eigenvalue weighted by Gasteiger charge is 2.33. The van der Waals surface area contributed by atoms with Crippen LogP contribution >= 0.6 is 10.7 Å². The Morgan fingerprint density at radius 3 is 2.41 bits per heavy atom. The number of nitrogens with zero attached hydrogens (tertiary/aromatic N) is 2. The van der Waals surface area contributed by atoms with Gasteiger partial charge in [-0.3, -0.25) is 10.1 Å². The van der Waals surface area contributed by atoms with Gasteiger partial charge in [0.25, 0.3) is 15.5 Å². The van der Waals surface area contributed by atoms with Crippen molar-refractivity contribution in [3.8, 4) is 0 Å². The van der Waals surface area contributed by atoms with Crippen molar-refractivity contribution in [2.24, 2.45) is 0 Å². The van der Waals surface area contributed by atoms with E-state index < -0.39 is 36.7 Å². The molecule has 0 saturated heterocycles. The third-order valence-corrected chi connectivity index (χ3v) is 3.10. The van der Waals surface area contributed by atoms with E-state index >= 15 is 0 Å². The van der Waals surface area contributed by atoms with Crippen LogP contribution in [0.4, 0.5) is 14.5 Å². The Hall–Kier alpha value is -1.35. The van der Waals surface area contributed by atoms with E-state index in [2.05, 4.69) is 4.98 Å². The summed E-state index contributed by atoms with van der Waals surface area (Å²) in [6.07, 6.45) is -3.27. The zero-order valence-electron chi connectivity index (χ0n) is 8.22. The van der Waals surface area contributed by atoms with Gasteiger partial charge in [-0.2, -0.15) is 0 Å². The highest BCUT2D eigenvalue weighted by Crippen LogP contribution is 2.34. The molecule has 0 spiro atoms. The Morgan fingerprint density at radius 2 is 2.06 bits per heavy atom. The number of hydrogen-bond acceptors (Lipinski definition) is 5. The normalized spacial score (nSPS) is 11.8. The van der Waals surface area contributed by atoms with Crippen molar-refractivity contribution in [2.75, 3.05) is 0 Å². The molecule has 1 rings (SSSR count).